The number of carbonyl (C=O) groups excluding carboxylic acids is 1. The number of ether oxygens (including phenoxy) is 2. The second-order valence-corrected chi connectivity index (χ2v) is 3.54. The summed E-state index contributed by atoms with van der Waals surface area (Å²) >= 11 is 0. The lowest BCUT2D eigenvalue weighted by Crippen LogP contribution is -2.05. The average Bonchev–Trinajstić information content (AvgIpc) is 2.82. The van der Waals surface area contributed by atoms with Gasteiger partial charge in [0.1, 0.15) is 5.75 Å². The van der Waals surface area contributed by atoms with Crippen LogP contribution in [0.1, 0.15) is 22.1 Å². The van der Waals surface area contributed by atoms with Gasteiger partial charge in [0.2, 0.25) is 0 Å². The van der Waals surface area contributed by atoms with E-state index in [-0.39, 0.29) is 12.5 Å². The standard InChI is InChI=1S/C12H12N2O4/c1-8-13-11(18-14-8)7-17-12(15)9-3-5-10(16-2)6-4-9/h3-6H,7H2,1-2H3. The van der Waals surface area contributed by atoms with E-state index in [2.05, 4.69) is 10.1 Å². The third-order valence-electron chi connectivity index (χ3n) is 2.22. The minimum Gasteiger partial charge on any atom is -0.497 e. The Morgan fingerprint density at radius 2 is 2.06 bits per heavy atom. The van der Waals surface area contributed by atoms with Crippen LogP contribution in [0.25, 0.3) is 0 Å². The highest BCUT2D eigenvalue weighted by molar-refractivity contribution is 5.89. The van der Waals surface area contributed by atoms with Gasteiger partial charge in [-0.15, -0.1) is 0 Å². The molecule has 0 aliphatic rings. The van der Waals surface area contributed by atoms with E-state index in [0.717, 1.165) is 0 Å². The summed E-state index contributed by atoms with van der Waals surface area (Å²) in [5, 5.41) is 3.60. The van der Waals surface area contributed by atoms with Crippen molar-refractivity contribution in [2.45, 2.75) is 13.5 Å². The Bertz CT molecular complexity index is 533. The van der Waals surface area contributed by atoms with Crippen molar-refractivity contribution in [3.8, 4) is 5.75 Å². The molecule has 6 heteroatoms. The molecule has 0 N–H and O–H groups in total. The number of benzene rings is 1. The van der Waals surface area contributed by atoms with E-state index >= 15 is 0 Å². The molecule has 0 radical (unpaired) electrons. The number of hydrogen-bond acceptors (Lipinski definition) is 6. The van der Waals surface area contributed by atoms with Crippen LogP contribution in [0.4, 0.5) is 0 Å². The van der Waals surface area contributed by atoms with Gasteiger partial charge in [-0.05, 0) is 31.2 Å². The number of esters is 1. The summed E-state index contributed by atoms with van der Waals surface area (Å²) < 4.78 is 14.8. The molecular formula is C12H12N2O4. The largest absolute Gasteiger partial charge is 0.497 e. The topological polar surface area (TPSA) is 74.5 Å². The number of hydrogen-bond donors (Lipinski definition) is 0. The second kappa shape index (κ2) is 5.31. The van der Waals surface area contributed by atoms with Crippen molar-refractivity contribution in [3.63, 3.8) is 0 Å². The quantitative estimate of drug-likeness (QED) is 0.767. The molecule has 0 aliphatic carbocycles. The predicted molar refractivity (Wildman–Crippen MR) is 61.1 cm³/mol. The van der Waals surface area contributed by atoms with Crippen LogP contribution in [0.3, 0.4) is 0 Å². The van der Waals surface area contributed by atoms with Gasteiger partial charge in [-0.2, -0.15) is 4.98 Å². The molecule has 2 rings (SSSR count). The van der Waals surface area contributed by atoms with E-state index in [1.54, 1.807) is 38.3 Å². The van der Waals surface area contributed by atoms with Crippen molar-refractivity contribution < 1.29 is 18.8 Å². The first-order valence-electron chi connectivity index (χ1n) is 5.29. The third-order valence-corrected chi connectivity index (χ3v) is 2.22. The van der Waals surface area contributed by atoms with E-state index < -0.39 is 5.97 Å². The molecule has 2 aromatic rings. The summed E-state index contributed by atoms with van der Waals surface area (Å²) in [5.74, 6) is 1.01. The van der Waals surface area contributed by atoms with E-state index in [9.17, 15) is 4.79 Å². The Kier molecular flexibility index (Phi) is 3.57. The minimum absolute atomic E-state index is 0.0360. The summed E-state index contributed by atoms with van der Waals surface area (Å²) in [6.45, 7) is 1.66. The zero-order valence-electron chi connectivity index (χ0n) is 10.0. The van der Waals surface area contributed by atoms with Crippen LogP contribution in [-0.2, 0) is 11.3 Å². The fourth-order valence-electron chi connectivity index (χ4n) is 1.34. The lowest BCUT2D eigenvalue weighted by molar-refractivity contribution is 0.0430. The Balaban J connectivity index is 1.94. The third kappa shape index (κ3) is 2.85. The molecule has 1 aromatic heterocycles. The number of methoxy groups -OCH3 is 1. The summed E-state index contributed by atoms with van der Waals surface area (Å²) in [5.41, 5.74) is 0.437. The van der Waals surface area contributed by atoms with Crippen LogP contribution >= 0.6 is 0 Å². The number of aryl methyl sites for hydroxylation is 1. The van der Waals surface area contributed by atoms with Crippen molar-refractivity contribution in [2.24, 2.45) is 0 Å². The first-order valence-corrected chi connectivity index (χ1v) is 5.29. The van der Waals surface area contributed by atoms with Crippen molar-refractivity contribution in [1.82, 2.24) is 10.1 Å². The van der Waals surface area contributed by atoms with Gasteiger partial charge in [-0.1, -0.05) is 5.16 Å². The molecule has 94 valence electrons. The van der Waals surface area contributed by atoms with E-state index in [1.807, 2.05) is 0 Å². The second-order valence-electron chi connectivity index (χ2n) is 3.54. The van der Waals surface area contributed by atoms with Crippen LogP contribution in [0.15, 0.2) is 28.8 Å². The molecule has 0 saturated heterocycles. The number of nitrogens with zero attached hydrogens (tertiary/aromatic N) is 2. The first-order chi connectivity index (χ1) is 8.69. The summed E-state index contributed by atoms with van der Waals surface area (Å²) in [6.07, 6.45) is 0. The number of rotatable bonds is 4. The summed E-state index contributed by atoms with van der Waals surface area (Å²) in [4.78, 5) is 15.6. The SMILES string of the molecule is COc1ccc(C(=O)OCc2nc(C)no2)cc1. The average molecular weight is 248 g/mol. The van der Waals surface area contributed by atoms with Gasteiger partial charge in [0.25, 0.3) is 5.89 Å². The molecule has 0 spiro atoms. The molecule has 6 nitrogen and oxygen atoms in total. The maximum absolute atomic E-state index is 11.7. The highest BCUT2D eigenvalue weighted by Gasteiger charge is 2.10. The van der Waals surface area contributed by atoms with Crippen LogP contribution in [0.2, 0.25) is 0 Å². The van der Waals surface area contributed by atoms with Crippen LogP contribution < -0.4 is 4.74 Å². The molecule has 0 bridgehead atoms. The normalized spacial score (nSPS) is 10.1. The fraction of sp³-hybridized carbons (Fsp3) is 0.250. The van der Waals surface area contributed by atoms with Crippen molar-refractivity contribution >= 4 is 5.97 Å². The van der Waals surface area contributed by atoms with Gasteiger partial charge in [-0.3, -0.25) is 0 Å². The highest BCUT2D eigenvalue weighted by Crippen LogP contribution is 2.12. The van der Waals surface area contributed by atoms with Gasteiger partial charge in [0.05, 0.1) is 12.7 Å². The zero-order chi connectivity index (χ0) is 13.0. The van der Waals surface area contributed by atoms with Gasteiger partial charge < -0.3 is 14.0 Å². The fourth-order valence-corrected chi connectivity index (χ4v) is 1.34. The van der Waals surface area contributed by atoms with E-state index in [4.69, 9.17) is 14.0 Å². The Morgan fingerprint density at radius 3 is 2.61 bits per heavy atom. The predicted octanol–water partition coefficient (Wildman–Crippen LogP) is 1.74. The highest BCUT2D eigenvalue weighted by atomic mass is 16.6. The number of carbonyl (C=O) groups is 1. The van der Waals surface area contributed by atoms with Crippen molar-refractivity contribution in [2.75, 3.05) is 7.11 Å². The van der Waals surface area contributed by atoms with Crippen molar-refractivity contribution in [3.05, 3.63) is 41.5 Å². The Morgan fingerprint density at radius 1 is 1.33 bits per heavy atom. The lowest BCUT2D eigenvalue weighted by atomic mass is 10.2. The van der Waals surface area contributed by atoms with Gasteiger partial charge in [0.15, 0.2) is 12.4 Å². The van der Waals surface area contributed by atoms with Crippen molar-refractivity contribution in [1.29, 1.82) is 0 Å². The lowest BCUT2D eigenvalue weighted by Gasteiger charge is -2.03. The first kappa shape index (κ1) is 12.1. The minimum atomic E-state index is -0.450. The van der Waals surface area contributed by atoms with Gasteiger partial charge >= 0.3 is 5.97 Å². The van der Waals surface area contributed by atoms with Crippen LogP contribution in [0.5, 0.6) is 5.75 Å². The van der Waals surface area contributed by atoms with Gasteiger partial charge in [0, 0.05) is 0 Å². The molecule has 0 fully saturated rings. The molecular weight excluding hydrogens is 236 g/mol. The maximum atomic E-state index is 11.7. The molecule has 0 unspecified atom stereocenters. The monoisotopic (exact) mass is 248 g/mol. The maximum Gasteiger partial charge on any atom is 0.338 e. The molecule has 0 atom stereocenters. The summed E-state index contributed by atoms with van der Waals surface area (Å²) in [7, 11) is 1.56. The van der Waals surface area contributed by atoms with E-state index in [1.165, 1.54) is 0 Å². The van der Waals surface area contributed by atoms with Gasteiger partial charge in [-0.25, -0.2) is 4.79 Å². The smallest absolute Gasteiger partial charge is 0.338 e. The van der Waals surface area contributed by atoms with E-state index in [0.29, 0.717) is 17.1 Å². The molecule has 1 heterocycles. The molecule has 1 aromatic carbocycles. The van der Waals surface area contributed by atoms with Crippen LogP contribution in [-0.4, -0.2) is 23.2 Å². The molecule has 0 amide bonds. The zero-order valence-corrected chi connectivity index (χ0v) is 10.0. The molecule has 18 heavy (non-hydrogen) atoms. The molecule has 0 aliphatic heterocycles. The molecule has 0 saturated carbocycles. The Hall–Kier alpha value is -2.37. The Labute approximate surface area is 104 Å². The number of aromatic nitrogens is 2. The summed E-state index contributed by atoms with van der Waals surface area (Å²) in [6, 6.07) is 6.63. The van der Waals surface area contributed by atoms with Crippen LogP contribution in [0, 0.1) is 6.92 Å².